The predicted molar refractivity (Wildman–Crippen MR) is 136 cm³/mol. The van der Waals surface area contributed by atoms with Gasteiger partial charge in [0.1, 0.15) is 10.8 Å². The van der Waals surface area contributed by atoms with Crippen molar-refractivity contribution in [2.45, 2.75) is 18.4 Å². The lowest BCUT2D eigenvalue weighted by Crippen LogP contribution is -2.32. The molecule has 1 N–H and O–H groups in total. The first-order chi connectivity index (χ1) is 15.4. The molecule has 4 aromatic rings. The van der Waals surface area contributed by atoms with Gasteiger partial charge in [-0.05, 0) is 55.4 Å². The monoisotopic (exact) mass is 508 g/mol. The van der Waals surface area contributed by atoms with Gasteiger partial charge in [0.15, 0.2) is 0 Å². The van der Waals surface area contributed by atoms with Gasteiger partial charge >= 0.3 is 0 Å². The van der Waals surface area contributed by atoms with Crippen molar-refractivity contribution in [3.8, 4) is 0 Å². The molecule has 0 aliphatic rings. The first-order valence-corrected chi connectivity index (χ1v) is 11.8. The largest absolute Gasteiger partial charge is 0.380 e. The Hall–Kier alpha value is -2.24. The van der Waals surface area contributed by atoms with Crippen LogP contribution in [-0.4, -0.2) is 35.6 Å². The standard InChI is InChI=1S/C27H26BrClN2O/c1-31(2)14-13-27(32,22-11-7-4-8-12-22)23-18-25-20(17-24(23)28)16-21(26(29)30-25)15-19-9-5-3-6-10-19/h3-12,16-18,32H,13-15H2,1-2H3. The number of nitrogens with zero attached hydrogens (tertiary/aromatic N) is 2. The molecule has 0 amide bonds. The number of aromatic nitrogens is 1. The molecule has 0 saturated heterocycles. The molecule has 0 spiro atoms. The number of hydrogen-bond acceptors (Lipinski definition) is 3. The third-order valence-corrected chi connectivity index (χ3v) is 6.77. The summed E-state index contributed by atoms with van der Waals surface area (Å²) in [5, 5.41) is 13.4. The summed E-state index contributed by atoms with van der Waals surface area (Å²) in [6.07, 6.45) is 1.27. The van der Waals surface area contributed by atoms with Crippen molar-refractivity contribution in [3.05, 3.63) is 111 Å². The molecule has 1 unspecified atom stereocenters. The van der Waals surface area contributed by atoms with E-state index >= 15 is 0 Å². The summed E-state index contributed by atoms with van der Waals surface area (Å²) in [6.45, 7) is 0.736. The molecule has 0 fully saturated rings. The summed E-state index contributed by atoms with van der Waals surface area (Å²) in [5.74, 6) is 0. The minimum Gasteiger partial charge on any atom is -0.380 e. The van der Waals surface area contributed by atoms with Gasteiger partial charge in [0.2, 0.25) is 0 Å². The van der Waals surface area contributed by atoms with Crippen LogP contribution in [0.5, 0.6) is 0 Å². The average molecular weight is 510 g/mol. The lowest BCUT2D eigenvalue weighted by molar-refractivity contribution is 0.0623. The average Bonchev–Trinajstić information content (AvgIpc) is 2.79. The fourth-order valence-electron chi connectivity index (χ4n) is 4.00. The smallest absolute Gasteiger partial charge is 0.133 e. The molecule has 3 aromatic carbocycles. The van der Waals surface area contributed by atoms with Gasteiger partial charge in [-0.2, -0.15) is 0 Å². The molecule has 0 bridgehead atoms. The van der Waals surface area contributed by atoms with Crippen molar-refractivity contribution in [2.24, 2.45) is 0 Å². The van der Waals surface area contributed by atoms with E-state index in [4.69, 9.17) is 16.6 Å². The normalized spacial score (nSPS) is 13.4. The summed E-state index contributed by atoms with van der Waals surface area (Å²) in [4.78, 5) is 6.78. The maximum atomic E-state index is 11.9. The molecule has 1 heterocycles. The first-order valence-electron chi connectivity index (χ1n) is 10.6. The van der Waals surface area contributed by atoms with E-state index in [0.717, 1.165) is 45.0 Å². The highest BCUT2D eigenvalue weighted by atomic mass is 79.9. The number of rotatable bonds is 7. The van der Waals surface area contributed by atoms with Crippen LogP contribution in [0.25, 0.3) is 10.9 Å². The summed E-state index contributed by atoms with van der Waals surface area (Å²) < 4.78 is 0.852. The Bertz CT molecular complexity index is 1210. The van der Waals surface area contributed by atoms with E-state index in [0.29, 0.717) is 11.6 Å². The molecule has 32 heavy (non-hydrogen) atoms. The van der Waals surface area contributed by atoms with Crippen LogP contribution in [0.2, 0.25) is 5.15 Å². The Balaban J connectivity index is 1.79. The molecular formula is C27H26BrClN2O. The highest BCUT2D eigenvalue weighted by molar-refractivity contribution is 9.10. The molecule has 1 aromatic heterocycles. The van der Waals surface area contributed by atoms with Crippen LogP contribution in [0.15, 0.2) is 83.3 Å². The highest BCUT2D eigenvalue weighted by Crippen LogP contribution is 2.39. The lowest BCUT2D eigenvalue weighted by Gasteiger charge is -2.32. The molecule has 4 rings (SSSR count). The van der Waals surface area contributed by atoms with Crippen LogP contribution in [0.1, 0.15) is 28.7 Å². The topological polar surface area (TPSA) is 36.4 Å². The third-order valence-electron chi connectivity index (χ3n) is 5.78. The zero-order valence-electron chi connectivity index (χ0n) is 18.2. The summed E-state index contributed by atoms with van der Waals surface area (Å²) in [7, 11) is 4.02. The summed E-state index contributed by atoms with van der Waals surface area (Å²) in [5.41, 5.74) is 3.43. The summed E-state index contributed by atoms with van der Waals surface area (Å²) in [6, 6.07) is 26.1. The van der Waals surface area contributed by atoms with Crippen LogP contribution in [0, 0.1) is 0 Å². The van der Waals surface area contributed by atoms with Crippen molar-refractivity contribution in [3.63, 3.8) is 0 Å². The van der Waals surface area contributed by atoms with Gasteiger partial charge < -0.3 is 10.0 Å². The molecular weight excluding hydrogens is 484 g/mol. The molecule has 0 aliphatic carbocycles. The van der Waals surface area contributed by atoms with Crippen LogP contribution < -0.4 is 0 Å². The third kappa shape index (κ3) is 4.89. The Labute approximate surface area is 202 Å². The minimum absolute atomic E-state index is 0.492. The van der Waals surface area contributed by atoms with Crippen molar-refractivity contribution in [1.82, 2.24) is 9.88 Å². The maximum Gasteiger partial charge on any atom is 0.133 e. The SMILES string of the molecule is CN(C)CCC(O)(c1ccccc1)c1cc2nc(Cl)c(Cc3ccccc3)cc2cc1Br. The van der Waals surface area contributed by atoms with Gasteiger partial charge in [-0.3, -0.25) is 0 Å². The second-order valence-corrected chi connectivity index (χ2v) is 9.62. The Kier molecular flexibility index (Phi) is 6.96. The molecule has 0 aliphatic heterocycles. The van der Waals surface area contributed by atoms with Gasteiger partial charge in [0, 0.05) is 28.4 Å². The Morgan fingerprint density at radius 2 is 1.62 bits per heavy atom. The lowest BCUT2D eigenvalue weighted by atomic mass is 9.83. The Morgan fingerprint density at radius 3 is 2.28 bits per heavy atom. The van der Waals surface area contributed by atoms with E-state index < -0.39 is 5.60 Å². The van der Waals surface area contributed by atoms with Crippen LogP contribution >= 0.6 is 27.5 Å². The van der Waals surface area contributed by atoms with Crippen molar-refractivity contribution in [1.29, 1.82) is 0 Å². The predicted octanol–water partition coefficient (Wildman–Crippen LogP) is 6.43. The van der Waals surface area contributed by atoms with Crippen LogP contribution in [0.3, 0.4) is 0 Å². The van der Waals surface area contributed by atoms with Gasteiger partial charge in [-0.1, -0.05) is 88.2 Å². The van der Waals surface area contributed by atoms with E-state index in [1.54, 1.807) is 0 Å². The molecule has 0 saturated carbocycles. The van der Waals surface area contributed by atoms with Gasteiger partial charge in [0.25, 0.3) is 0 Å². The maximum absolute atomic E-state index is 11.9. The van der Waals surface area contributed by atoms with Crippen molar-refractivity contribution < 1.29 is 5.11 Å². The minimum atomic E-state index is -1.16. The van der Waals surface area contributed by atoms with Crippen LogP contribution in [0.4, 0.5) is 0 Å². The number of benzene rings is 3. The van der Waals surface area contributed by atoms with E-state index in [-0.39, 0.29) is 0 Å². The number of halogens is 2. The number of pyridine rings is 1. The number of hydrogen-bond donors (Lipinski definition) is 1. The molecule has 3 nitrogen and oxygen atoms in total. The van der Waals surface area contributed by atoms with Crippen molar-refractivity contribution >= 4 is 38.4 Å². The zero-order chi connectivity index (χ0) is 22.7. The van der Waals surface area contributed by atoms with Gasteiger partial charge in [-0.15, -0.1) is 0 Å². The fourth-order valence-corrected chi connectivity index (χ4v) is 4.91. The molecule has 0 radical (unpaired) electrons. The van der Waals surface area contributed by atoms with E-state index in [1.807, 2.05) is 74.8 Å². The van der Waals surface area contributed by atoms with Gasteiger partial charge in [-0.25, -0.2) is 4.98 Å². The first kappa shape index (κ1) is 22.9. The number of aliphatic hydroxyl groups is 1. The van der Waals surface area contributed by atoms with E-state index in [2.05, 4.69) is 39.0 Å². The number of fused-ring (bicyclic) bond motifs is 1. The second-order valence-electron chi connectivity index (χ2n) is 8.41. The highest BCUT2D eigenvalue weighted by Gasteiger charge is 2.33. The molecule has 1 atom stereocenters. The van der Waals surface area contributed by atoms with Crippen molar-refractivity contribution in [2.75, 3.05) is 20.6 Å². The second kappa shape index (κ2) is 9.72. The van der Waals surface area contributed by atoms with E-state index in [1.165, 1.54) is 5.56 Å². The Morgan fingerprint density at radius 1 is 0.969 bits per heavy atom. The molecule has 164 valence electrons. The fraction of sp³-hybridized carbons (Fsp3) is 0.222. The van der Waals surface area contributed by atoms with E-state index in [9.17, 15) is 5.11 Å². The molecule has 5 heteroatoms. The van der Waals surface area contributed by atoms with Crippen LogP contribution in [-0.2, 0) is 12.0 Å². The van der Waals surface area contributed by atoms with Gasteiger partial charge in [0.05, 0.1) is 5.52 Å². The summed E-state index contributed by atoms with van der Waals surface area (Å²) >= 11 is 10.3. The quantitative estimate of drug-likeness (QED) is 0.292. The zero-order valence-corrected chi connectivity index (χ0v) is 20.6.